The molecule has 2 heterocycles. The molecule has 0 unspecified atom stereocenters. The average Bonchev–Trinajstić information content (AvgIpc) is 3.33. The van der Waals surface area contributed by atoms with Gasteiger partial charge < -0.3 is 4.98 Å². The number of aromatic nitrogens is 1. The Morgan fingerprint density at radius 2 is 1.21 bits per heavy atom. The van der Waals surface area contributed by atoms with E-state index in [0.29, 0.717) is 28.7 Å². The van der Waals surface area contributed by atoms with Crippen LogP contribution < -0.4 is 4.90 Å². The molecule has 1 aliphatic rings. The number of hydrogen-bond acceptors (Lipinski definition) is 2. The second-order valence-corrected chi connectivity index (χ2v) is 11.2. The van der Waals surface area contributed by atoms with Crippen molar-refractivity contribution in [2.24, 2.45) is 0 Å². The van der Waals surface area contributed by atoms with Gasteiger partial charge in [0.25, 0.3) is 0 Å². The first-order valence-electron chi connectivity index (χ1n) is 13.2. The first kappa shape index (κ1) is 37.6. The maximum absolute atomic E-state index is 5.42. The van der Waals surface area contributed by atoms with Crippen LogP contribution in [0.2, 0.25) is 5.02 Å². The Balaban J connectivity index is 0.00000126. The molecule has 3 nitrogen and oxygen atoms in total. The second-order valence-electron chi connectivity index (χ2n) is 10.8. The van der Waals surface area contributed by atoms with Crippen molar-refractivity contribution >= 4 is 54.1 Å². The van der Waals surface area contributed by atoms with Crippen molar-refractivity contribution in [1.82, 2.24) is 4.98 Å². The summed E-state index contributed by atoms with van der Waals surface area (Å²) in [6.07, 6.45) is 6.55. The topological polar surface area (TPSA) is 19.1 Å². The van der Waals surface area contributed by atoms with E-state index in [1.165, 1.54) is 33.6 Å². The van der Waals surface area contributed by atoms with Crippen LogP contribution in [0.15, 0.2) is 54.7 Å². The maximum Gasteiger partial charge on any atom is 0.244 e. The minimum atomic E-state index is 0. The molecule has 0 spiro atoms. The molecular formula is C32H44Cl3N3Pd. The normalized spacial score (nSPS) is 12.4. The molecule has 2 aromatic carbocycles. The van der Waals surface area contributed by atoms with Crippen LogP contribution in [0.1, 0.15) is 101 Å². The largest absolute Gasteiger partial charge is 0.393 e. The van der Waals surface area contributed by atoms with Crippen molar-refractivity contribution in [1.29, 1.82) is 0 Å². The van der Waals surface area contributed by atoms with E-state index in [4.69, 9.17) is 11.6 Å². The zero-order chi connectivity index (χ0) is 26.4. The summed E-state index contributed by atoms with van der Waals surface area (Å²) in [5.41, 5.74) is 8.67. The molecule has 3 aromatic rings. The second kappa shape index (κ2) is 17.4. The molecular weight excluding hydrogens is 639 g/mol. The molecule has 4 rings (SSSR count). The monoisotopic (exact) mass is 681 g/mol. The average molecular weight is 684 g/mol. The van der Waals surface area contributed by atoms with Crippen molar-refractivity contribution < 1.29 is 25.0 Å². The van der Waals surface area contributed by atoms with Crippen molar-refractivity contribution in [2.45, 2.75) is 79.1 Å². The maximum atomic E-state index is 5.42. The third-order valence-corrected chi connectivity index (χ3v) is 6.90. The van der Waals surface area contributed by atoms with Gasteiger partial charge in [-0.05, 0) is 23.7 Å². The summed E-state index contributed by atoms with van der Waals surface area (Å²) in [6, 6.07) is 17.2. The number of para-hydroxylation sites is 2. The number of hydrogen-bond donors (Lipinski definition) is 0. The van der Waals surface area contributed by atoms with Crippen LogP contribution in [0, 0.1) is 6.20 Å². The van der Waals surface area contributed by atoms with Gasteiger partial charge in [-0.25, -0.2) is 9.48 Å². The van der Waals surface area contributed by atoms with Crippen LogP contribution >= 0.6 is 36.4 Å². The van der Waals surface area contributed by atoms with Crippen molar-refractivity contribution in [3.8, 4) is 0 Å². The number of pyridine rings is 1. The van der Waals surface area contributed by atoms with Gasteiger partial charge in [-0.3, -0.25) is 0 Å². The summed E-state index contributed by atoms with van der Waals surface area (Å²) in [5, 5.41) is 0.558. The molecule has 39 heavy (non-hydrogen) atoms. The third-order valence-electron chi connectivity index (χ3n) is 6.69. The number of halogens is 3. The van der Waals surface area contributed by atoms with Gasteiger partial charge in [0.1, 0.15) is 24.5 Å². The van der Waals surface area contributed by atoms with E-state index in [2.05, 4.69) is 119 Å². The molecule has 0 amide bonds. The summed E-state index contributed by atoms with van der Waals surface area (Å²) >= 11 is 5.42. The Morgan fingerprint density at radius 1 is 0.744 bits per heavy atom. The fourth-order valence-corrected chi connectivity index (χ4v) is 4.95. The van der Waals surface area contributed by atoms with Crippen LogP contribution in [0.5, 0.6) is 0 Å². The fraction of sp³-hybridized carbons (Fsp3) is 0.438. The van der Waals surface area contributed by atoms with Crippen LogP contribution in [0.4, 0.5) is 11.4 Å². The quantitative estimate of drug-likeness (QED) is 0.147. The SMILES string of the molecule is CC(C)c1cccc(C(C)C)c1N1C=[N+](c2c(C(C)C)cccc2C(C)C)CC1.Cl.Cl.Clc1[c-]nccc1.[Pd]. The van der Waals surface area contributed by atoms with Crippen LogP contribution in [0.3, 0.4) is 0 Å². The molecule has 0 N–H and O–H groups in total. The Bertz CT molecular complexity index is 1130. The Morgan fingerprint density at radius 3 is 1.56 bits per heavy atom. The van der Waals surface area contributed by atoms with E-state index in [1.54, 1.807) is 18.3 Å². The number of nitrogens with zero attached hydrogens (tertiary/aromatic N) is 3. The molecule has 1 aromatic heterocycles. The van der Waals surface area contributed by atoms with Gasteiger partial charge in [0.05, 0.1) is 0 Å². The molecule has 218 valence electrons. The zero-order valence-electron chi connectivity index (χ0n) is 24.3. The van der Waals surface area contributed by atoms with E-state index in [0.717, 1.165) is 13.1 Å². The summed E-state index contributed by atoms with van der Waals surface area (Å²) in [6.45, 7) is 20.5. The van der Waals surface area contributed by atoms with E-state index >= 15 is 0 Å². The van der Waals surface area contributed by atoms with Gasteiger partial charge in [-0.15, -0.1) is 42.5 Å². The van der Waals surface area contributed by atoms with Crippen LogP contribution in [-0.4, -0.2) is 29.0 Å². The first-order valence-corrected chi connectivity index (χ1v) is 13.6. The molecule has 0 bridgehead atoms. The van der Waals surface area contributed by atoms with Crippen molar-refractivity contribution in [3.05, 3.63) is 88.2 Å². The minimum Gasteiger partial charge on any atom is -0.393 e. The van der Waals surface area contributed by atoms with Crippen LogP contribution in [0.25, 0.3) is 0 Å². The van der Waals surface area contributed by atoms with E-state index < -0.39 is 0 Å². The molecule has 7 heteroatoms. The standard InChI is InChI=1S/C27H39N2.C5H3ClN.2ClH.Pd/c1-18(2)22-11-9-12-23(19(3)4)26(22)28-15-16-29(17-28)27-24(20(5)6)13-10-14-25(27)21(7)8;6-5-2-1-3-7-4-5;;;/h9-14,17-21H,15-16H2,1-8H3;1-3H;2*1H;/q+1;-1;;;. The molecule has 0 saturated carbocycles. The summed E-state index contributed by atoms with van der Waals surface area (Å²) in [5.74, 6) is 2.06. The van der Waals surface area contributed by atoms with E-state index in [9.17, 15) is 0 Å². The zero-order valence-corrected chi connectivity index (χ0v) is 28.3. The van der Waals surface area contributed by atoms with Gasteiger partial charge in [-0.2, -0.15) is 6.07 Å². The number of rotatable bonds is 6. The first-order chi connectivity index (χ1) is 17.1. The summed E-state index contributed by atoms with van der Waals surface area (Å²) in [4.78, 5) is 6.13. The Labute approximate surface area is 267 Å². The van der Waals surface area contributed by atoms with Crippen molar-refractivity contribution in [3.63, 3.8) is 0 Å². The fourth-order valence-electron chi connectivity index (χ4n) is 4.83. The predicted octanol–water partition coefficient (Wildman–Crippen LogP) is 9.75. The van der Waals surface area contributed by atoms with Gasteiger partial charge >= 0.3 is 0 Å². The summed E-state index contributed by atoms with van der Waals surface area (Å²) in [7, 11) is 0. The smallest absolute Gasteiger partial charge is 0.244 e. The summed E-state index contributed by atoms with van der Waals surface area (Å²) < 4.78 is 2.51. The van der Waals surface area contributed by atoms with Crippen LogP contribution in [-0.2, 0) is 20.4 Å². The number of anilines is 1. The third kappa shape index (κ3) is 9.58. The molecule has 0 saturated heterocycles. The molecule has 0 aliphatic carbocycles. The van der Waals surface area contributed by atoms with E-state index in [1.807, 2.05) is 0 Å². The molecule has 0 radical (unpaired) electrons. The van der Waals surface area contributed by atoms with Gasteiger partial charge in [0.15, 0.2) is 0 Å². The Hall–Kier alpha value is -1.41. The van der Waals surface area contributed by atoms with E-state index in [-0.39, 0.29) is 45.2 Å². The predicted molar refractivity (Wildman–Crippen MR) is 170 cm³/mol. The van der Waals surface area contributed by atoms with Gasteiger partial charge in [0, 0.05) is 42.7 Å². The molecule has 0 atom stereocenters. The van der Waals surface area contributed by atoms with Crippen molar-refractivity contribution in [2.75, 3.05) is 18.0 Å². The number of benzene rings is 2. The minimum absolute atomic E-state index is 0. The van der Waals surface area contributed by atoms with Gasteiger partial charge in [-0.1, -0.05) is 109 Å². The van der Waals surface area contributed by atoms with Gasteiger partial charge in [0.2, 0.25) is 6.34 Å². The molecule has 0 fully saturated rings. The molecule has 1 aliphatic heterocycles. The Kier molecular flexibility index (Phi) is 16.8.